The second kappa shape index (κ2) is 10.8. The highest BCUT2D eigenvalue weighted by Gasteiger charge is 2.10. The van der Waals surface area contributed by atoms with E-state index in [4.69, 9.17) is 4.74 Å². The Morgan fingerprint density at radius 1 is 1.03 bits per heavy atom. The molecule has 1 aliphatic rings. The van der Waals surface area contributed by atoms with Crippen molar-refractivity contribution in [3.05, 3.63) is 66.2 Å². The highest BCUT2D eigenvalue weighted by atomic mass is 19.1. The first-order valence-electron chi connectivity index (χ1n) is 10.9. The smallest absolute Gasteiger partial charge is 0.323 e. The van der Waals surface area contributed by atoms with Gasteiger partial charge in [0.15, 0.2) is 0 Å². The molecule has 0 aliphatic carbocycles. The lowest BCUT2D eigenvalue weighted by atomic mass is 10.1. The first-order chi connectivity index (χ1) is 16.1. The number of hydrogen-bond donors (Lipinski definition) is 3. The fraction of sp³-hybridized carbons (Fsp3) is 0.292. The predicted octanol–water partition coefficient (Wildman–Crippen LogP) is 3.98. The largest absolute Gasteiger partial charge is 0.379 e. The first-order valence-corrected chi connectivity index (χ1v) is 10.9. The number of hydrogen-bond acceptors (Lipinski definition) is 6. The van der Waals surface area contributed by atoms with Gasteiger partial charge in [-0.2, -0.15) is 0 Å². The number of carbonyl (C=O) groups excluding carboxylic acids is 1. The second-order valence-corrected chi connectivity index (χ2v) is 7.82. The van der Waals surface area contributed by atoms with E-state index in [1.165, 1.54) is 6.07 Å². The maximum Gasteiger partial charge on any atom is 0.323 e. The third kappa shape index (κ3) is 6.47. The first kappa shape index (κ1) is 22.6. The van der Waals surface area contributed by atoms with E-state index in [9.17, 15) is 9.18 Å². The fourth-order valence-corrected chi connectivity index (χ4v) is 3.48. The number of urea groups is 1. The van der Waals surface area contributed by atoms with Crippen LogP contribution < -0.4 is 16.0 Å². The molecule has 1 aliphatic heterocycles. The molecule has 33 heavy (non-hydrogen) atoms. The molecule has 1 aromatic heterocycles. The standard InChI is InChI=1S/C24H27FN6O2/c1-17-2-7-21(25)22(14-17)30-24(32)29-20-5-3-18(4-6-20)19-15-27-23(28-16-19)26-8-9-31-10-12-33-13-11-31/h2-7,14-16H,8-13H2,1H3,(H,26,27,28)(H2,29,30,32). The lowest BCUT2D eigenvalue weighted by molar-refractivity contribution is 0.0398. The normalized spacial score (nSPS) is 14.0. The van der Waals surface area contributed by atoms with Crippen LogP contribution in [0.15, 0.2) is 54.9 Å². The lowest BCUT2D eigenvalue weighted by Crippen LogP contribution is -2.39. The van der Waals surface area contributed by atoms with Crippen molar-refractivity contribution in [2.75, 3.05) is 55.3 Å². The Bertz CT molecular complexity index is 1070. The number of aryl methyl sites for hydroxylation is 1. The summed E-state index contributed by atoms with van der Waals surface area (Å²) in [4.78, 5) is 23.3. The fourth-order valence-electron chi connectivity index (χ4n) is 3.48. The van der Waals surface area contributed by atoms with Gasteiger partial charge in [-0.15, -0.1) is 0 Å². The average Bonchev–Trinajstić information content (AvgIpc) is 2.83. The van der Waals surface area contributed by atoms with Crippen LogP contribution in [0.25, 0.3) is 11.1 Å². The van der Waals surface area contributed by atoms with Crippen molar-refractivity contribution in [3.63, 3.8) is 0 Å². The molecule has 3 N–H and O–H groups in total. The number of amides is 2. The highest BCUT2D eigenvalue weighted by molar-refractivity contribution is 6.00. The molecule has 2 amide bonds. The molecule has 1 saturated heterocycles. The SMILES string of the molecule is Cc1ccc(F)c(NC(=O)Nc2ccc(-c3cnc(NCCN4CCOCC4)nc3)cc2)c1. The van der Waals surface area contributed by atoms with Crippen LogP contribution in [0.3, 0.4) is 0 Å². The number of benzene rings is 2. The minimum atomic E-state index is -0.511. The molecule has 172 valence electrons. The molecule has 8 nitrogen and oxygen atoms in total. The summed E-state index contributed by atoms with van der Waals surface area (Å²) in [5.74, 6) is 0.107. The number of ether oxygens (including phenoxy) is 1. The topological polar surface area (TPSA) is 91.4 Å². The summed E-state index contributed by atoms with van der Waals surface area (Å²) < 4.78 is 19.2. The minimum absolute atomic E-state index is 0.139. The Hall–Kier alpha value is -3.56. The van der Waals surface area contributed by atoms with Crippen LogP contribution in [-0.4, -0.2) is 60.3 Å². The van der Waals surface area contributed by atoms with Crippen LogP contribution in [0.1, 0.15) is 5.56 Å². The van der Waals surface area contributed by atoms with Crippen molar-refractivity contribution >= 4 is 23.4 Å². The number of morpholine rings is 1. The van der Waals surface area contributed by atoms with Crippen molar-refractivity contribution in [3.8, 4) is 11.1 Å². The molecule has 0 radical (unpaired) electrons. The maximum atomic E-state index is 13.8. The molecule has 0 saturated carbocycles. The van der Waals surface area contributed by atoms with Gasteiger partial charge in [0.05, 0.1) is 18.9 Å². The molecule has 1 fully saturated rings. The van der Waals surface area contributed by atoms with E-state index >= 15 is 0 Å². The highest BCUT2D eigenvalue weighted by Crippen LogP contribution is 2.21. The zero-order valence-electron chi connectivity index (χ0n) is 18.5. The molecule has 4 rings (SSSR count). The number of anilines is 3. The molecule has 0 bridgehead atoms. The van der Waals surface area contributed by atoms with Crippen LogP contribution in [0.2, 0.25) is 0 Å². The van der Waals surface area contributed by atoms with E-state index in [0.29, 0.717) is 11.6 Å². The van der Waals surface area contributed by atoms with Crippen molar-refractivity contribution < 1.29 is 13.9 Å². The Labute approximate surface area is 192 Å². The number of halogens is 1. The lowest BCUT2D eigenvalue weighted by Gasteiger charge is -2.26. The number of aromatic nitrogens is 2. The molecule has 0 spiro atoms. The number of rotatable bonds is 7. The number of carbonyl (C=O) groups is 1. The van der Waals surface area contributed by atoms with Crippen molar-refractivity contribution in [2.24, 2.45) is 0 Å². The van der Waals surface area contributed by atoms with Crippen LogP contribution in [0.5, 0.6) is 0 Å². The van der Waals surface area contributed by atoms with E-state index < -0.39 is 11.8 Å². The van der Waals surface area contributed by atoms with Crippen LogP contribution in [0.4, 0.5) is 26.5 Å². The summed E-state index contributed by atoms with van der Waals surface area (Å²) >= 11 is 0. The zero-order chi connectivity index (χ0) is 23.0. The average molecular weight is 451 g/mol. The Morgan fingerprint density at radius 3 is 2.48 bits per heavy atom. The van der Waals surface area contributed by atoms with Gasteiger partial charge in [-0.3, -0.25) is 4.90 Å². The van der Waals surface area contributed by atoms with Gasteiger partial charge in [0, 0.05) is 49.8 Å². The van der Waals surface area contributed by atoms with Gasteiger partial charge >= 0.3 is 6.03 Å². The molecule has 2 aromatic carbocycles. The molecule has 0 atom stereocenters. The molecular formula is C24H27FN6O2. The van der Waals surface area contributed by atoms with Crippen molar-refractivity contribution in [1.29, 1.82) is 0 Å². The van der Waals surface area contributed by atoms with Crippen molar-refractivity contribution in [1.82, 2.24) is 14.9 Å². The Kier molecular flexibility index (Phi) is 7.43. The van der Waals surface area contributed by atoms with Gasteiger partial charge in [-0.05, 0) is 42.3 Å². The second-order valence-electron chi connectivity index (χ2n) is 7.82. The molecule has 3 aromatic rings. The van der Waals surface area contributed by atoms with Gasteiger partial charge in [0.2, 0.25) is 5.95 Å². The van der Waals surface area contributed by atoms with Crippen LogP contribution in [0, 0.1) is 12.7 Å². The molecular weight excluding hydrogens is 423 g/mol. The molecule has 2 heterocycles. The number of nitrogens with zero attached hydrogens (tertiary/aromatic N) is 3. The Balaban J connectivity index is 1.28. The summed E-state index contributed by atoms with van der Waals surface area (Å²) in [6.07, 6.45) is 3.53. The summed E-state index contributed by atoms with van der Waals surface area (Å²) in [6.45, 7) is 7.01. The van der Waals surface area contributed by atoms with Crippen molar-refractivity contribution in [2.45, 2.75) is 6.92 Å². The third-order valence-electron chi connectivity index (χ3n) is 5.31. The minimum Gasteiger partial charge on any atom is -0.379 e. The van der Waals surface area contributed by atoms with E-state index in [-0.39, 0.29) is 5.69 Å². The van der Waals surface area contributed by atoms with Gasteiger partial charge in [-0.25, -0.2) is 19.2 Å². The van der Waals surface area contributed by atoms with Gasteiger partial charge in [0.1, 0.15) is 5.82 Å². The third-order valence-corrected chi connectivity index (χ3v) is 5.31. The van der Waals surface area contributed by atoms with E-state index in [1.54, 1.807) is 36.7 Å². The molecule has 0 unspecified atom stereocenters. The predicted molar refractivity (Wildman–Crippen MR) is 127 cm³/mol. The maximum absolute atomic E-state index is 13.8. The molecule has 9 heteroatoms. The monoisotopic (exact) mass is 450 g/mol. The van der Waals surface area contributed by atoms with E-state index in [2.05, 4.69) is 30.8 Å². The quantitative estimate of drug-likeness (QED) is 0.504. The van der Waals surface area contributed by atoms with Gasteiger partial charge in [-0.1, -0.05) is 18.2 Å². The Morgan fingerprint density at radius 2 is 1.76 bits per heavy atom. The summed E-state index contributed by atoms with van der Waals surface area (Å²) in [5, 5.41) is 8.48. The van der Waals surface area contributed by atoms with Crippen LogP contribution >= 0.6 is 0 Å². The van der Waals surface area contributed by atoms with Gasteiger partial charge in [0.25, 0.3) is 0 Å². The summed E-state index contributed by atoms with van der Waals surface area (Å²) in [6, 6.07) is 11.3. The van der Waals surface area contributed by atoms with Crippen LogP contribution in [-0.2, 0) is 4.74 Å². The van der Waals surface area contributed by atoms with E-state index in [1.807, 2.05) is 19.1 Å². The van der Waals surface area contributed by atoms with Gasteiger partial charge < -0.3 is 20.7 Å². The zero-order valence-corrected chi connectivity index (χ0v) is 18.5. The summed E-state index contributed by atoms with van der Waals surface area (Å²) in [7, 11) is 0. The van der Waals surface area contributed by atoms with E-state index in [0.717, 1.165) is 56.1 Å². The summed E-state index contributed by atoms with van der Waals surface area (Å²) in [5.41, 5.74) is 3.38. The number of nitrogens with one attached hydrogen (secondary N) is 3.